The monoisotopic (exact) mass is 1140 g/mol. The molecule has 1 atom stereocenters. The Morgan fingerprint density at radius 2 is 0.457 bits per heavy atom. The molecule has 1 unspecified atom stereocenters. The summed E-state index contributed by atoms with van der Waals surface area (Å²) in [7, 11) is 0. The van der Waals surface area contributed by atoms with E-state index in [0.717, 1.165) is 77.0 Å². The summed E-state index contributed by atoms with van der Waals surface area (Å²) in [6, 6.07) is 0. The summed E-state index contributed by atoms with van der Waals surface area (Å²) in [5.74, 6) is -0.866. The first-order chi connectivity index (χ1) is 40.0. The van der Waals surface area contributed by atoms with Gasteiger partial charge in [0.25, 0.3) is 0 Å². The number of rotatable bonds is 68. The fourth-order valence-electron chi connectivity index (χ4n) is 11.1. The smallest absolute Gasteiger partial charge is 0.306 e. The molecule has 6 nitrogen and oxygen atoms in total. The third kappa shape index (κ3) is 68.3. The third-order valence-corrected chi connectivity index (χ3v) is 16.6. The van der Waals surface area contributed by atoms with Crippen LogP contribution < -0.4 is 0 Å². The van der Waals surface area contributed by atoms with Crippen molar-refractivity contribution in [3.8, 4) is 0 Å². The Bertz CT molecular complexity index is 1350. The van der Waals surface area contributed by atoms with Gasteiger partial charge in [0.2, 0.25) is 0 Å². The van der Waals surface area contributed by atoms with Gasteiger partial charge >= 0.3 is 17.9 Å². The Labute approximate surface area is 506 Å². The summed E-state index contributed by atoms with van der Waals surface area (Å²) in [5.41, 5.74) is 0. The minimum atomic E-state index is -0.779. The number of hydrogen-bond acceptors (Lipinski definition) is 6. The van der Waals surface area contributed by atoms with Gasteiger partial charge in [-0.15, -0.1) is 0 Å². The molecular formula is C75H140O6. The molecule has 0 spiro atoms. The summed E-state index contributed by atoms with van der Waals surface area (Å²) in [6.45, 7) is 6.66. The Balaban J connectivity index is 4.15. The van der Waals surface area contributed by atoms with E-state index in [4.69, 9.17) is 14.2 Å². The van der Waals surface area contributed by atoms with E-state index in [1.807, 2.05) is 0 Å². The molecule has 0 fully saturated rings. The van der Waals surface area contributed by atoms with Crippen LogP contribution in [0.15, 0.2) is 36.5 Å². The highest BCUT2D eigenvalue weighted by Gasteiger charge is 2.19. The Kier molecular flexibility index (Phi) is 68.1. The van der Waals surface area contributed by atoms with Gasteiger partial charge in [-0.2, -0.15) is 0 Å². The Morgan fingerprint density at radius 3 is 0.728 bits per heavy atom. The van der Waals surface area contributed by atoms with Crippen molar-refractivity contribution in [1.82, 2.24) is 0 Å². The maximum Gasteiger partial charge on any atom is 0.306 e. The minimum Gasteiger partial charge on any atom is -0.462 e. The van der Waals surface area contributed by atoms with Crippen LogP contribution in [0.3, 0.4) is 0 Å². The van der Waals surface area contributed by atoms with E-state index in [1.165, 1.54) is 289 Å². The Hall–Kier alpha value is -2.37. The van der Waals surface area contributed by atoms with Crippen molar-refractivity contribution >= 4 is 17.9 Å². The number of ether oxygens (including phenoxy) is 3. The highest BCUT2D eigenvalue weighted by molar-refractivity contribution is 5.71. The molecule has 0 aromatic rings. The number of allylic oxidation sites excluding steroid dienone is 6. The third-order valence-electron chi connectivity index (χ3n) is 16.6. The number of hydrogen-bond donors (Lipinski definition) is 0. The molecule has 0 amide bonds. The van der Waals surface area contributed by atoms with Crippen molar-refractivity contribution in [3.05, 3.63) is 36.5 Å². The van der Waals surface area contributed by atoms with E-state index in [0.29, 0.717) is 19.3 Å². The van der Waals surface area contributed by atoms with Gasteiger partial charge in [0.1, 0.15) is 13.2 Å². The normalized spacial score (nSPS) is 12.2. The van der Waals surface area contributed by atoms with Crippen LogP contribution in [-0.4, -0.2) is 37.2 Å². The quantitative estimate of drug-likeness (QED) is 0.0261. The summed E-state index contributed by atoms with van der Waals surface area (Å²) < 4.78 is 17.0. The van der Waals surface area contributed by atoms with Gasteiger partial charge in [0.05, 0.1) is 0 Å². The van der Waals surface area contributed by atoms with Crippen molar-refractivity contribution in [3.63, 3.8) is 0 Å². The van der Waals surface area contributed by atoms with Crippen molar-refractivity contribution in [2.24, 2.45) is 0 Å². The molecule has 476 valence electrons. The maximum atomic E-state index is 12.9. The van der Waals surface area contributed by atoms with Crippen LogP contribution in [0.4, 0.5) is 0 Å². The van der Waals surface area contributed by atoms with Crippen LogP contribution in [0.5, 0.6) is 0 Å². The molecule has 0 aromatic carbocycles. The van der Waals surface area contributed by atoms with Gasteiger partial charge < -0.3 is 14.2 Å². The molecule has 0 aromatic heterocycles. The molecular weight excluding hydrogens is 997 g/mol. The van der Waals surface area contributed by atoms with E-state index >= 15 is 0 Å². The number of esters is 3. The zero-order valence-electron chi connectivity index (χ0n) is 54.8. The predicted molar refractivity (Wildman–Crippen MR) is 353 cm³/mol. The second-order valence-electron chi connectivity index (χ2n) is 24.9. The van der Waals surface area contributed by atoms with Gasteiger partial charge in [-0.05, 0) is 70.6 Å². The zero-order valence-corrected chi connectivity index (χ0v) is 54.8. The number of unbranched alkanes of at least 4 members (excludes halogenated alkanes) is 51. The Morgan fingerprint density at radius 1 is 0.247 bits per heavy atom. The van der Waals surface area contributed by atoms with Crippen LogP contribution in [0.25, 0.3) is 0 Å². The van der Waals surface area contributed by atoms with Crippen LogP contribution in [0.1, 0.15) is 406 Å². The molecule has 0 heterocycles. The largest absolute Gasteiger partial charge is 0.462 e. The van der Waals surface area contributed by atoms with Crippen molar-refractivity contribution in [1.29, 1.82) is 0 Å². The lowest BCUT2D eigenvalue weighted by atomic mass is 10.0. The number of carbonyl (C=O) groups excluding carboxylic acids is 3. The summed E-state index contributed by atoms with van der Waals surface area (Å²) >= 11 is 0. The molecule has 0 rings (SSSR count). The van der Waals surface area contributed by atoms with Crippen LogP contribution in [0, 0.1) is 0 Å². The van der Waals surface area contributed by atoms with Gasteiger partial charge in [-0.1, -0.05) is 353 Å². The van der Waals surface area contributed by atoms with E-state index in [-0.39, 0.29) is 31.1 Å². The lowest BCUT2D eigenvalue weighted by Crippen LogP contribution is -2.30. The molecule has 0 aliphatic rings. The first-order valence-electron chi connectivity index (χ1n) is 36.5. The fourth-order valence-corrected chi connectivity index (χ4v) is 11.1. The summed E-state index contributed by atoms with van der Waals surface area (Å²) in [6.07, 6.45) is 87.7. The first kappa shape index (κ1) is 78.6. The van der Waals surface area contributed by atoms with Crippen LogP contribution in [0.2, 0.25) is 0 Å². The standard InChI is InChI=1S/C75H140O6/c1-4-7-10-13-16-19-22-25-28-30-32-33-34-35-36-37-38-39-40-41-42-43-44-46-47-50-53-56-59-62-65-68-74(77)80-71-72(70-79-73(76)67-64-61-58-55-52-49-27-24-21-18-15-12-9-6-3)81-75(78)69-66-63-60-57-54-51-48-45-31-29-26-23-20-17-14-11-8-5-2/h15,18,24,27,29,31,72H,4-14,16-17,19-23,25-26,28,30,32-71H2,1-3H3/b18-15-,27-24-,31-29-. The molecule has 0 N–H and O–H groups in total. The second kappa shape index (κ2) is 70.1. The van der Waals surface area contributed by atoms with Gasteiger partial charge in [0.15, 0.2) is 6.10 Å². The average Bonchev–Trinajstić information content (AvgIpc) is 3.47. The molecule has 0 saturated heterocycles. The van der Waals surface area contributed by atoms with E-state index < -0.39 is 6.10 Å². The summed E-state index contributed by atoms with van der Waals surface area (Å²) in [4.78, 5) is 38.4. The van der Waals surface area contributed by atoms with Crippen molar-refractivity contribution < 1.29 is 28.6 Å². The molecule has 0 bridgehead atoms. The van der Waals surface area contributed by atoms with Gasteiger partial charge in [-0.3, -0.25) is 14.4 Å². The van der Waals surface area contributed by atoms with E-state index in [1.54, 1.807) is 0 Å². The average molecular weight is 1140 g/mol. The topological polar surface area (TPSA) is 78.9 Å². The second-order valence-corrected chi connectivity index (χ2v) is 24.9. The molecule has 0 aliphatic heterocycles. The maximum absolute atomic E-state index is 12.9. The lowest BCUT2D eigenvalue weighted by Gasteiger charge is -2.18. The van der Waals surface area contributed by atoms with Gasteiger partial charge in [-0.25, -0.2) is 0 Å². The van der Waals surface area contributed by atoms with Gasteiger partial charge in [0, 0.05) is 19.3 Å². The fraction of sp³-hybridized carbons (Fsp3) is 0.880. The molecule has 6 heteroatoms. The molecule has 0 saturated carbocycles. The first-order valence-corrected chi connectivity index (χ1v) is 36.5. The lowest BCUT2D eigenvalue weighted by molar-refractivity contribution is -0.167. The SMILES string of the molecule is CCCC/C=C\C/C=C\CCCCCCCC(=O)OCC(COC(=O)CCCCCCCCCCCCCCCCCCCCCCCCCCCCCCCCC)OC(=O)CCCCCCCCC/C=C\CCCCCCCCC. The van der Waals surface area contributed by atoms with Crippen LogP contribution >= 0.6 is 0 Å². The highest BCUT2D eigenvalue weighted by atomic mass is 16.6. The summed E-state index contributed by atoms with van der Waals surface area (Å²) in [5, 5.41) is 0. The molecule has 81 heavy (non-hydrogen) atoms. The molecule has 0 radical (unpaired) electrons. The number of carbonyl (C=O) groups is 3. The van der Waals surface area contributed by atoms with E-state index in [9.17, 15) is 14.4 Å². The minimum absolute atomic E-state index is 0.0740. The highest BCUT2D eigenvalue weighted by Crippen LogP contribution is 2.19. The predicted octanol–water partition coefficient (Wildman–Crippen LogP) is 25.1. The van der Waals surface area contributed by atoms with E-state index in [2.05, 4.69) is 57.2 Å². The van der Waals surface area contributed by atoms with Crippen molar-refractivity contribution in [2.45, 2.75) is 412 Å². The van der Waals surface area contributed by atoms with Crippen LogP contribution in [-0.2, 0) is 28.6 Å². The van der Waals surface area contributed by atoms with Crippen molar-refractivity contribution in [2.75, 3.05) is 13.2 Å². The molecule has 0 aliphatic carbocycles. The zero-order chi connectivity index (χ0) is 58.5.